The number of nitriles is 1. The third-order valence-electron chi connectivity index (χ3n) is 4.04. The van der Waals surface area contributed by atoms with E-state index in [0.29, 0.717) is 23.8 Å². The predicted octanol–water partition coefficient (Wildman–Crippen LogP) is 2.90. The second-order valence-electron chi connectivity index (χ2n) is 5.67. The molecule has 2 rings (SSSR count). The number of ketones is 1. The Bertz CT molecular complexity index is 548. The molecule has 1 heterocycles. The van der Waals surface area contributed by atoms with Gasteiger partial charge in [0.1, 0.15) is 17.6 Å². The van der Waals surface area contributed by atoms with Crippen LogP contribution in [0, 0.1) is 11.3 Å². The molecule has 0 radical (unpaired) electrons. The number of rotatable bonds is 5. The van der Waals surface area contributed by atoms with Gasteiger partial charge < -0.3 is 4.74 Å². The molecule has 1 unspecified atom stereocenters. The van der Waals surface area contributed by atoms with Crippen molar-refractivity contribution in [3.63, 3.8) is 0 Å². The first-order valence-electron chi connectivity index (χ1n) is 7.44. The Hall–Kier alpha value is -1.86. The number of carbonyl (C=O) groups excluding carboxylic acids is 1. The molecule has 0 bridgehead atoms. The van der Waals surface area contributed by atoms with Gasteiger partial charge in [0, 0.05) is 19.0 Å². The molecule has 1 aliphatic rings. The van der Waals surface area contributed by atoms with E-state index in [1.807, 2.05) is 12.1 Å². The standard InChI is InChI=1S/C17H22N2O2/c1-13(20)9-16-5-3-4-8-19(16)12-14-6-7-15(11-18)17(10-14)21-2/h6-7,10,16H,3-5,8-9,12H2,1-2H3. The Labute approximate surface area is 126 Å². The van der Waals surface area contributed by atoms with Crippen LogP contribution in [0.4, 0.5) is 0 Å². The van der Waals surface area contributed by atoms with Crippen molar-refractivity contribution in [1.29, 1.82) is 5.26 Å². The zero-order chi connectivity index (χ0) is 15.2. The highest BCUT2D eigenvalue weighted by Crippen LogP contribution is 2.25. The zero-order valence-corrected chi connectivity index (χ0v) is 12.8. The van der Waals surface area contributed by atoms with Crippen molar-refractivity contribution in [1.82, 2.24) is 4.90 Å². The minimum Gasteiger partial charge on any atom is -0.495 e. The maximum atomic E-state index is 11.4. The molecule has 0 N–H and O–H groups in total. The van der Waals surface area contributed by atoms with Gasteiger partial charge in [0.05, 0.1) is 12.7 Å². The minimum absolute atomic E-state index is 0.254. The largest absolute Gasteiger partial charge is 0.495 e. The van der Waals surface area contributed by atoms with Gasteiger partial charge in [0.25, 0.3) is 0 Å². The molecule has 0 saturated carbocycles. The van der Waals surface area contributed by atoms with E-state index in [0.717, 1.165) is 25.1 Å². The average Bonchev–Trinajstić information content (AvgIpc) is 2.48. The molecular weight excluding hydrogens is 264 g/mol. The van der Waals surface area contributed by atoms with Crippen molar-refractivity contribution in [2.45, 2.75) is 45.2 Å². The van der Waals surface area contributed by atoms with Gasteiger partial charge in [-0.1, -0.05) is 12.5 Å². The van der Waals surface area contributed by atoms with E-state index in [4.69, 9.17) is 10.00 Å². The Morgan fingerprint density at radius 2 is 2.29 bits per heavy atom. The number of hydrogen-bond acceptors (Lipinski definition) is 4. The van der Waals surface area contributed by atoms with Gasteiger partial charge in [-0.25, -0.2) is 0 Å². The number of likely N-dealkylation sites (tertiary alicyclic amines) is 1. The van der Waals surface area contributed by atoms with E-state index in [2.05, 4.69) is 11.0 Å². The van der Waals surface area contributed by atoms with E-state index in [9.17, 15) is 4.79 Å². The Morgan fingerprint density at radius 1 is 1.48 bits per heavy atom. The second kappa shape index (κ2) is 7.24. The lowest BCUT2D eigenvalue weighted by Crippen LogP contribution is -2.39. The van der Waals surface area contributed by atoms with Crippen LogP contribution in [0.25, 0.3) is 0 Å². The fraction of sp³-hybridized carbons (Fsp3) is 0.529. The lowest BCUT2D eigenvalue weighted by atomic mass is 9.97. The summed E-state index contributed by atoms with van der Waals surface area (Å²) in [4.78, 5) is 13.8. The van der Waals surface area contributed by atoms with Crippen LogP contribution in [-0.4, -0.2) is 30.4 Å². The van der Waals surface area contributed by atoms with Crippen molar-refractivity contribution in [3.8, 4) is 11.8 Å². The normalized spacial score (nSPS) is 19.0. The summed E-state index contributed by atoms with van der Waals surface area (Å²) >= 11 is 0. The highest BCUT2D eigenvalue weighted by Gasteiger charge is 2.23. The highest BCUT2D eigenvalue weighted by molar-refractivity contribution is 5.76. The maximum Gasteiger partial charge on any atom is 0.136 e. The van der Waals surface area contributed by atoms with Crippen LogP contribution in [0.2, 0.25) is 0 Å². The van der Waals surface area contributed by atoms with Crippen LogP contribution in [0.15, 0.2) is 18.2 Å². The van der Waals surface area contributed by atoms with Crippen molar-refractivity contribution in [2.24, 2.45) is 0 Å². The lowest BCUT2D eigenvalue weighted by molar-refractivity contribution is -0.118. The number of Topliss-reactive ketones (excluding diaryl/α,β-unsaturated/α-hetero) is 1. The molecular formula is C17H22N2O2. The summed E-state index contributed by atoms with van der Waals surface area (Å²) in [5.74, 6) is 0.874. The monoisotopic (exact) mass is 286 g/mol. The first kappa shape index (κ1) is 15.5. The van der Waals surface area contributed by atoms with Crippen LogP contribution in [0.5, 0.6) is 5.75 Å². The number of methoxy groups -OCH3 is 1. The van der Waals surface area contributed by atoms with Gasteiger partial charge in [-0.05, 0) is 44.0 Å². The predicted molar refractivity (Wildman–Crippen MR) is 81.1 cm³/mol. The van der Waals surface area contributed by atoms with Crippen LogP contribution in [0.1, 0.15) is 43.7 Å². The molecule has 4 nitrogen and oxygen atoms in total. The molecule has 1 aromatic carbocycles. The van der Waals surface area contributed by atoms with Crippen molar-refractivity contribution < 1.29 is 9.53 Å². The molecule has 0 amide bonds. The fourth-order valence-corrected chi connectivity index (χ4v) is 2.99. The van der Waals surface area contributed by atoms with Crippen molar-refractivity contribution in [3.05, 3.63) is 29.3 Å². The van der Waals surface area contributed by atoms with E-state index in [1.54, 1.807) is 20.1 Å². The number of piperidine rings is 1. The van der Waals surface area contributed by atoms with Gasteiger partial charge >= 0.3 is 0 Å². The Kier molecular flexibility index (Phi) is 5.35. The van der Waals surface area contributed by atoms with Gasteiger partial charge in [0.2, 0.25) is 0 Å². The van der Waals surface area contributed by atoms with E-state index in [-0.39, 0.29) is 5.78 Å². The zero-order valence-electron chi connectivity index (χ0n) is 12.8. The van der Waals surface area contributed by atoms with E-state index >= 15 is 0 Å². The first-order valence-corrected chi connectivity index (χ1v) is 7.44. The summed E-state index contributed by atoms with van der Waals surface area (Å²) < 4.78 is 5.26. The average molecular weight is 286 g/mol. The molecule has 1 atom stereocenters. The Balaban J connectivity index is 2.12. The third kappa shape index (κ3) is 4.05. The molecule has 1 saturated heterocycles. The van der Waals surface area contributed by atoms with Crippen molar-refractivity contribution in [2.75, 3.05) is 13.7 Å². The van der Waals surface area contributed by atoms with Gasteiger partial charge in [-0.3, -0.25) is 9.69 Å². The van der Waals surface area contributed by atoms with Crippen LogP contribution in [-0.2, 0) is 11.3 Å². The summed E-state index contributed by atoms with van der Waals surface area (Å²) in [5, 5.41) is 9.03. The molecule has 0 aliphatic carbocycles. The van der Waals surface area contributed by atoms with E-state index < -0.39 is 0 Å². The second-order valence-corrected chi connectivity index (χ2v) is 5.67. The molecule has 0 aromatic heterocycles. The molecule has 112 valence electrons. The van der Waals surface area contributed by atoms with Gasteiger partial charge in [-0.15, -0.1) is 0 Å². The lowest BCUT2D eigenvalue weighted by Gasteiger charge is -2.35. The summed E-state index contributed by atoms with van der Waals surface area (Å²) in [7, 11) is 1.58. The summed E-state index contributed by atoms with van der Waals surface area (Å²) in [6.07, 6.45) is 4.10. The van der Waals surface area contributed by atoms with Crippen LogP contribution in [0.3, 0.4) is 0 Å². The number of ether oxygens (including phenoxy) is 1. The summed E-state index contributed by atoms with van der Waals surface area (Å²) in [6.45, 7) is 3.50. The van der Waals surface area contributed by atoms with Gasteiger partial charge in [-0.2, -0.15) is 5.26 Å². The van der Waals surface area contributed by atoms with Crippen molar-refractivity contribution >= 4 is 5.78 Å². The molecule has 1 aliphatic heterocycles. The first-order chi connectivity index (χ1) is 10.1. The number of benzene rings is 1. The molecule has 0 spiro atoms. The van der Waals surface area contributed by atoms with Crippen LogP contribution >= 0.6 is 0 Å². The SMILES string of the molecule is COc1cc(CN2CCCCC2CC(C)=O)ccc1C#N. The number of nitrogens with zero attached hydrogens (tertiary/aromatic N) is 2. The molecule has 1 fully saturated rings. The molecule has 4 heteroatoms. The third-order valence-corrected chi connectivity index (χ3v) is 4.04. The topological polar surface area (TPSA) is 53.3 Å². The van der Waals surface area contributed by atoms with E-state index in [1.165, 1.54) is 12.8 Å². The van der Waals surface area contributed by atoms with Crippen LogP contribution < -0.4 is 4.74 Å². The summed E-state index contributed by atoms with van der Waals surface area (Å²) in [6, 6.07) is 8.18. The minimum atomic E-state index is 0.254. The summed E-state index contributed by atoms with van der Waals surface area (Å²) in [5.41, 5.74) is 1.68. The maximum absolute atomic E-state index is 11.4. The Morgan fingerprint density at radius 3 is 2.95 bits per heavy atom. The fourth-order valence-electron chi connectivity index (χ4n) is 2.99. The number of carbonyl (C=O) groups is 1. The number of hydrogen-bond donors (Lipinski definition) is 0. The van der Waals surface area contributed by atoms with Gasteiger partial charge in [0.15, 0.2) is 0 Å². The molecule has 21 heavy (non-hydrogen) atoms. The smallest absolute Gasteiger partial charge is 0.136 e. The molecule has 1 aromatic rings. The highest BCUT2D eigenvalue weighted by atomic mass is 16.5. The quantitative estimate of drug-likeness (QED) is 0.835.